The first-order valence-corrected chi connectivity index (χ1v) is 11.8. The predicted octanol–water partition coefficient (Wildman–Crippen LogP) is 2.24. The molecule has 4 rings (SSSR count). The predicted molar refractivity (Wildman–Crippen MR) is 117 cm³/mol. The normalized spacial score (nSPS) is 15.8. The molecule has 3 aromatic rings. The number of nitrogens with one attached hydrogen (secondary N) is 1. The van der Waals surface area contributed by atoms with Gasteiger partial charge in [-0.1, -0.05) is 12.5 Å². The fraction of sp³-hybridized carbons (Fsp3) is 0.333. The van der Waals surface area contributed by atoms with Crippen molar-refractivity contribution in [3.8, 4) is 11.4 Å². The van der Waals surface area contributed by atoms with Crippen molar-refractivity contribution in [2.75, 3.05) is 18.4 Å². The second kappa shape index (κ2) is 9.45. The van der Waals surface area contributed by atoms with E-state index >= 15 is 0 Å². The molecule has 0 radical (unpaired) electrons. The van der Waals surface area contributed by atoms with Gasteiger partial charge in [-0.25, -0.2) is 13.1 Å². The topological polar surface area (TPSA) is 119 Å². The van der Waals surface area contributed by atoms with Crippen LogP contribution in [0, 0.1) is 0 Å². The largest absolute Gasteiger partial charge is 0.481 e. The van der Waals surface area contributed by atoms with Gasteiger partial charge in [-0.2, -0.15) is 4.31 Å². The molecule has 1 saturated heterocycles. The lowest BCUT2D eigenvalue weighted by molar-refractivity contribution is -0.122. The highest BCUT2D eigenvalue weighted by Gasteiger charge is 2.26. The van der Waals surface area contributed by atoms with E-state index in [-0.39, 0.29) is 10.8 Å². The number of ether oxygens (including phenoxy) is 1. The van der Waals surface area contributed by atoms with Crippen LogP contribution in [-0.2, 0) is 14.8 Å². The molecule has 1 aliphatic rings. The van der Waals surface area contributed by atoms with Crippen molar-refractivity contribution in [3.05, 3.63) is 54.9 Å². The van der Waals surface area contributed by atoms with Gasteiger partial charge in [0.1, 0.15) is 12.1 Å². The number of amides is 1. The summed E-state index contributed by atoms with van der Waals surface area (Å²) >= 11 is 0. The number of benzene rings is 2. The first-order chi connectivity index (χ1) is 15.4. The van der Waals surface area contributed by atoms with E-state index in [1.807, 2.05) is 6.07 Å². The standard InChI is InChI=1S/C21H24N6O4S/c1-16(31-19-7-5-6-18(14-19)27-15-22-24-25-27)21(28)23-17-8-10-20(11-9-17)32(29,30)26-12-3-2-4-13-26/h5-11,14-16H,2-4,12-13H2,1H3,(H,23,28)/t16-/m1/s1. The second-order valence-corrected chi connectivity index (χ2v) is 9.43. The van der Waals surface area contributed by atoms with Gasteiger partial charge in [-0.15, -0.1) is 5.10 Å². The lowest BCUT2D eigenvalue weighted by atomic mass is 10.2. The molecule has 2 aromatic carbocycles. The maximum atomic E-state index is 12.7. The fourth-order valence-electron chi connectivity index (χ4n) is 3.45. The van der Waals surface area contributed by atoms with Crippen LogP contribution in [0.5, 0.6) is 5.75 Å². The summed E-state index contributed by atoms with van der Waals surface area (Å²) in [6.45, 7) is 2.73. The molecule has 168 valence electrons. The van der Waals surface area contributed by atoms with Crippen molar-refractivity contribution >= 4 is 21.6 Å². The molecule has 0 spiro atoms. The summed E-state index contributed by atoms with van der Waals surface area (Å²) in [6, 6.07) is 13.2. The smallest absolute Gasteiger partial charge is 0.265 e. The van der Waals surface area contributed by atoms with Gasteiger partial charge in [0.2, 0.25) is 10.0 Å². The molecule has 1 fully saturated rings. The van der Waals surface area contributed by atoms with Gasteiger partial charge in [0.05, 0.1) is 10.6 Å². The highest BCUT2D eigenvalue weighted by Crippen LogP contribution is 2.22. The lowest BCUT2D eigenvalue weighted by Gasteiger charge is -2.25. The zero-order chi connectivity index (χ0) is 22.6. The highest BCUT2D eigenvalue weighted by molar-refractivity contribution is 7.89. The Bertz CT molecular complexity index is 1160. The third kappa shape index (κ3) is 4.94. The van der Waals surface area contributed by atoms with E-state index in [0.29, 0.717) is 30.2 Å². The van der Waals surface area contributed by atoms with Crippen LogP contribution in [0.25, 0.3) is 5.69 Å². The minimum absolute atomic E-state index is 0.223. The first kappa shape index (κ1) is 21.9. The van der Waals surface area contributed by atoms with Crippen LogP contribution < -0.4 is 10.1 Å². The number of hydrogen-bond acceptors (Lipinski definition) is 7. The van der Waals surface area contributed by atoms with Crippen LogP contribution in [0.2, 0.25) is 0 Å². The Hall–Kier alpha value is -3.31. The molecule has 0 aliphatic carbocycles. The Kier molecular flexibility index (Phi) is 6.47. The van der Waals surface area contributed by atoms with E-state index in [1.54, 1.807) is 37.3 Å². The number of nitrogens with zero attached hydrogens (tertiary/aromatic N) is 5. The monoisotopic (exact) mass is 456 g/mol. The molecule has 1 amide bonds. The van der Waals surface area contributed by atoms with Crippen LogP contribution in [-0.4, -0.2) is 58.0 Å². The quantitative estimate of drug-likeness (QED) is 0.579. The van der Waals surface area contributed by atoms with Crippen molar-refractivity contribution in [2.45, 2.75) is 37.2 Å². The Morgan fingerprint density at radius 1 is 1.09 bits per heavy atom. The number of piperidine rings is 1. The highest BCUT2D eigenvalue weighted by atomic mass is 32.2. The number of aromatic nitrogens is 4. The van der Waals surface area contributed by atoms with E-state index in [4.69, 9.17) is 4.74 Å². The number of anilines is 1. The Balaban J connectivity index is 1.38. The lowest BCUT2D eigenvalue weighted by Crippen LogP contribution is -2.35. The van der Waals surface area contributed by atoms with Gasteiger partial charge in [-0.05, 0) is 66.6 Å². The minimum Gasteiger partial charge on any atom is -0.481 e. The average Bonchev–Trinajstić information content (AvgIpc) is 3.35. The van der Waals surface area contributed by atoms with Crippen LogP contribution in [0.3, 0.4) is 0 Å². The average molecular weight is 457 g/mol. The second-order valence-electron chi connectivity index (χ2n) is 7.49. The van der Waals surface area contributed by atoms with Crippen molar-refractivity contribution in [1.82, 2.24) is 24.5 Å². The molecule has 1 aliphatic heterocycles. The van der Waals surface area contributed by atoms with E-state index in [9.17, 15) is 13.2 Å². The molecule has 2 heterocycles. The minimum atomic E-state index is -3.51. The summed E-state index contributed by atoms with van der Waals surface area (Å²) in [5.41, 5.74) is 1.19. The van der Waals surface area contributed by atoms with Crippen molar-refractivity contribution in [2.24, 2.45) is 0 Å². The number of sulfonamides is 1. The number of hydrogen-bond donors (Lipinski definition) is 1. The Labute approximate surface area is 186 Å². The van der Waals surface area contributed by atoms with Gasteiger partial charge >= 0.3 is 0 Å². The molecule has 0 saturated carbocycles. The van der Waals surface area contributed by atoms with E-state index in [1.165, 1.54) is 27.4 Å². The van der Waals surface area contributed by atoms with Crippen LogP contribution in [0.4, 0.5) is 5.69 Å². The third-order valence-electron chi connectivity index (χ3n) is 5.19. The molecule has 0 unspecified atom stereocenters. The number of tetrazole rings is 1. The molecule has 10 nitrogen and oxygen atoms in total. The molecule has 32 heavy (non-hydrogen) atoms. The van der Waals surface area contributed by atoms with Crippen molar-refractivity contribution in [1.29, 1.82) is 0 Å². The number of carbonyl (C=O) groups is 1. The molecule has 11 heteroatoms. The van der Waals surface area contributed by atoms with E-state index in [0.717, 1.165) is 19.3 Å². The Morgan fingerprint density at radius 3 is 2.53 bits per heavy atom. The van der Waals surface area contributed by atoms with Crippen LogP contribution >= 0.6 is 0 Å². The zero-order valence-electron chi connectivity index (χ0n) is 17.6. The molecule has 1 aromatic heterocycles. The molecule has 1 atom stereocenters. The molecular formula is C21H24N6O4S. The van der Waals surface area contributed by atoms with Crippen molar-refractivity contribution < 1.29 is 17.9 Å². The summed E-state index contributed by atoms with van der Waals surface area (Å²) in [4.78, 5) is 12.8. The zero-order valence-corrected chi connectivity index (χ0v) is 18.4. The molecular weight excluding hydrogens is 432 g/mol. The maximum Gasteiger partial charge on any atom is 0.265 e. The van der Waals surface area contributed by atoms with Crippen LogP contribution in [0.1, 0.15) is 26.2 Å². The molecule has 0 bridgehead atoms. The summed E-state index contributed by atoms with van der Waals surface area (Å²) in [6.07, 6.45) is 3.49. The number of rotatable bonds is 7. The maximum absolute atomic E-state index is 12.7. The summed E-state index contributed by atoms with van der Waals surface area (Å²) < 4.78 is 34.2. The fourth-order valence-corrected chi connectivity index (χ4v) is 4.96. The Morgan fingerprint density at radius 2 is 1.84 bits per heavy atom. The summed E-state index contributed by atoms with van der Waals surface area (Å²) in [7, 11) is -3.51. The third-order valence-corrected chi connectivity index (χ3v) is 7.10. The van der Waals surface area contributed by atoms with Gasteiger partial charge in [0.25, 0.3) is 5.91 Å². The summed E-state index contributed by atoms with van der Waals surface area (Å²) in [5.74, 6) is 0.132. The van der Waals surface area contributed by atoms with Gasteiger partial charge in [0.15, 0.2) is 6.10 Å². The summed E-state index contributed by atoms with van der Waals surface area (Å²) in [5, 5.41) is 13.8. The van der Waals surface area contributed by atoms with Gasteiger partial charge in [0, 0.05) is 24.8 Å². The van der Waals surface area contributed by atoms with E-state index in [2.05, 4.69) is 20.8 Å². The van der Waals surface area contributed by atoms with Gasteiger partial charge in [-0.3, -0.25) is 4.79 Å². The van der Waals surface area contributed by atoms with Crippen molar-refractivity contribution in [3.63, 3.8) is 0 Å². The first-order valence-electron chi connectivity index (χ1n) is 10.3. The van der Waals surface area contributed by atoms with Crippen LogP contribution in [0.15, 0.2) is 59.8 Å². The molecule has 1 N–H and O–H groups in total. The van der Waals surface area contributed by atoms with E-state index < -0.39 is 16.1 Å². The SMILES string of the molecule is C[C@@H](Oc1cccc(-n2cnnn2)c1)C(=O)Nc1ccc(S(=O)(=O)N2CCCCC2)cc1. The van der Waals surface area contributed by atoms with Gasteiger partial charge < -0.3 is 10.1 Å². The number of carbonyl (C=O) groups excluding carboxylic acids is 1.